The number of hydrogen-bond donors (Lipinski definition) is 1. The molecule has 0 aromatic heterocycles. The van der Waals surface area contributed by atoms with Crippen molar-refractivity contribution in [1.82, 2.24) is 0 Å². The van der Waals surface area contributed by atoms with Crippen LogP contribution in [0.3, 0.4) is 0 Å². The molecular formula is C17H26O2. The standard InChI is InChI=1S/C17H26O2/c1-16(2)14-7-4-11-10-12(18)5-6-13(11)17(14,3)9-8-15(16)19/h10,13-15,19H,4-9H2,1-3H3. The summed E-state index contributed by atoms with van der Waals surface area (Å²) in [6, 6.07) is 0. The predicted molar refractivity (Wildman–Crippen MR) is 75.7 cm³/mol. The second-order valence-electron chi connectivity index (χ2n) is 7.75. The minimum atomic E-state index is -0.165. The van der Waals surface area contributed by atoms with Gasteiger partial charge in [0.25, 0.3) is 0 Å². The quantitative estimate of drug-likeness (QED) is 0.725. The SMILES string of the molecule is CC1(C)C(O)CCC2(C)C3CCC(=O)C=C3CCC12. The molecule has 0 heterocycles. The molecule has 1 N–H and O–H groups in total. The molecule has 2 fully saturated rings. The van der Waals surface area contributed by atoms with Gasteiger partial charge >= 0.3 is 0 Å². The van der Waals surface area contributed by atoms with Gasteiger partial charge in [-0.1, -0.05) is 26.3 Å². The minimum absolute atomic E-state index is 0.0139. The van der Waals surface area contributed by atoms with Crippen LogP contribution >= 0.6 is 0 Å². The molecule has 3 aliphatic carbocycles. The lowest BCUT2D eigenvalue weighted by molar-refractivity contribution is -0.130. The van der Waals surface area contributed by atoms with Gasteiger partial charge in [-0.3, -0.25) is 4.79 Å². The van der Waals surface area contributed by atoms with Gasteiger partial charge in [-0.2, -0.15) is 0 Å². The van der Waals surface area contributed by atoms with Crippen molar-refractivity contribution in [2.45, 2.75) is 65.4 Å². The summed E-state index contributed by atoms with van der Waals surface area (Å²) >= 11 is 0. The van der Waals surface area contributed by atoms with E-state index < -0.39 is 0 Å². The van der Waals surface area contributed by atoms with Crippen LogP contribution in [0.1, 0.15) is 59.3 Å². The largest absolute Gasteiger partial charge is 0.393 e. The highest BCUT2D eigenvalue weighted by Crippen LogP contribution is 2.62. The van der Waals surface area contributed by atoms with Gasteiger partial charge in [0.05, 0.1) is 6.10 Å². The Hall–Kier alpha value is -0.630. The molecule has 0 spiro atoms. The van der Waals surface area contributed by atoms with E-state index in [9.17, 15) is 9.90 Å². The zero-order chi connectivity index (χ0) is 13.8. The Morgan fingerprint density at radius 1 is 1.16 bits per heavy atom. The Balaban J connectivity index is 1.98. The third kappa shape index (κ3) is 1.83. The third-order valence-corrected chi connectivity index (χ3v) is 6.50. The maximum Gasteiger partial charge on any atom is 0.155 e. The predicted octanol–water partition coefficient (Wildman–Crippen LogP) is 3.49. The average Bonchev–Trinajstić information content (AvgIpc) is 2.34. The topological polar surface area (TPSA) is 37.3 Å². The molecule has 19 heavy (non-hydrogen) atoms. The van der Waals surface area contributed by atoms with Gasteiger partial charge in [0.1, 0.15) is 0 Å². The number of aliphatic hydroxyl groups excluding tert-OH is 1. The summed E-state index contributed by atoms with van der Waals surface area (Å²) in [6.45, 7) is 6.89. The first-order valence-electron chi connectivity index (χ1n) is 7.77. The fraction of sp³-hybridized carbons (Fsp3) is 0.824. The highest BCUT2D eigenvalue weighted by Gasteiger charge is 2.56. The zero-order valence-electron chi connectivity index (χ0n) is 12.4. The molecule has 0 aromatic carbocycles. The summed E-state index contributed by atoms with van der Waals surface area (Å²) in [5.74, 6) is 1.48. The van der Waals surface area contributed by atoms with E-state index in [1.165, 1.54) is 5.57 Å². The van der Waals surface area contributed by atoms with Crippen molar-refractivity contribution in [3.63, 3.8) is 0 Å². The highest BCUT2D eigenvalue weighted by molar-refractivity contribution is 5.91. The molecule has 106 valence electrons. The first-order chi connectivity index (χ1) is 8.85. The lowest BCUT2D eigenvalue weighted by Gasteiger charge is -2.60. The molecule has 0 saturated heterocycles. The normalized spacial score (nSPS) is 45.2. The molecule has 0 radical (unpaired) electrons. The molecule has 0 aromatic rings. The summed E-state index contributed by atoms with van der Waals surface area (Å²) in [5, 5.41) is 10.4. The van der Waals surface area contributed by atoms with Gasteiger partial charge in [0.15, 0.2) is 5.78 Å². The molecule has 3 rings (SSSR count). The lowest BCUT2D eigenvalue weighted by atomic mass is 9.45. The van der Waals surface area contributed by atoms with Crippen molar-refractivity contribution in [3.05, 3.63) is 11.6 Å². The maximum absolute atomic E-state index is 11.6. The molecule has 2 saturated carbocycles. The first-order valence-corrected chi connectivity index (χ1v) is 7.77. The number of fused-ring (bicyclic) bond motifs is 3. The van der Waals surface area contributed by atoms with Crippen LogP contribution in [0.25, 0.3) is 0 Å². The Kier molecular flexibility index (Phi) is 2.94. The number of allylic oxidation sites excluding steroid dienone is 2. The van der Waals surface area contributed by atoms with E-state index in [1.807, 2.05) is 6.08 Å². The Bertz CT molecular complexity index is 435. The third-order valence-electron chi connectivity index (χ3n) is 6.50. The fourth-order valence-electron chi connectivity index (χ4n) is 5.36. The Morgan fingerprint density at radius 3 is 2.63 bits per heavy atom. The number of rotatable bonds is 0. The van der Waals surface area contributed by atoms with Crippen LogP contribution in [0.4, 0.5) is 0 Å². The molecule has 0 aliphatic heterocycles. The molecule has 3 aliphatic rings. The van der Waals surface area contributed by atoms with Gasteiger partial charge < -0.3 is 5.11 Å². The second kappa shape index (κ2) is 4.18. The summed E-state index contributed by atoms with van der Waals surface area (Å²) < 4.78 is 0. The molecule has 2 heteroatoms. The fourth-order valence-corrected chi connectivity index (χ4v) is 5.36. The smallest absolute Gasteiger partial charge is 0.155 e. The molecular weight excluding hydrogens is 236 g/mol. The van der Waals surface area contributed by atoms with Crippen molar-refractivity contribution < 1.29 is 9.90 Å². The number of hydrogen-bond acceptors (Lipinski definition) is 2. The van der Waals surface area contributed by atoms with Crippen LogP contribution in [-0.2, 0) is 4.79 Å². The van der Waals surface area contributed by atoms with E-state index in [1.54, 1.807) is 0 Å². The number of ketones is 1. The van der Waals surface area contributed by atoms with Crippen LogP contribution in [0, 0.1) is 22.7 Å². The highest BCUT2D eigenvalue weighted by atomic mass is 16.3. The molecule has 0 bridgehead atoms. The number of carbonyl (C=O) groups is 1. The zero-order valence-corrected chi connectivity index (χ0v) is 12.4. The number of carbonyl (C=O) groups excluding carboxylic acids is 1. The summed E-state index contributed by atoms with van der Waals surface area (Å²) in [7, 11) is 0. The molecule has 2 nitrogen and oxygen atoms in total. The first kappa shape index (κ1) is 13.4. The van der Waals surface area contributed by atoms with Crippen LogP contribution in [0.15, 0.2) is 11.6 Å². The van der Waals surface area contributed by atoms with Crippen LogP contribution in [-0.4, -0.2) is 17.0 Å². The van der Waals surface area contributed by atoms with E-state index in [2.05, 4.69) is 20.8 Å². The molecule has 4 unspecified atom stereocenters. The Morgan fingerprint density at radius 2 is 1.89 bits per heavy atom. The summed E-state index contributed by atoms with van der Waals surface area (Å²) in [5.41, 5.74) is 1.70. The molecule has 4 atom stereocenters. The maximum atomic E-state index is 11.6. The molecule has 0 amide bonds. The van der Waals surface area contributed by atoms with Crippen molar-refractivity contribution in [2.24, 2.45) is 22.7 Å². The summed E-state index contributed by atoms with van der Waals surface area (Å²) in [4.78, 5) is 11.6. The van der Waals surface area contributed by atoms with Gasteiger partial charge in [0.2, 0.25) is 0 Å². The Labute approximate surface area is 116 Å². The van der Waals surface area contributed by atoms with E-state index in [4.69, 9.17) is 0 Å². The van der Waals surface area contributed by atoms with Crippen LogP contribution in [0.2, 0.25) is 0 Å². The monoisotopic (exact) mass is 262 g/mol. The van der Waals surface area contributed by atoms with Gasteiger partial charge in [0, 0.05) is 6.42 Å². The van der Waals surface area contributed by atoms with Gasteiger partial charge in [-0.05, 0) is 60.8 Å². The second-order valence-corrected chi connectivity index (χ2v) is 7.75. The van der Waals surface area contributed by atoms with Gasteiger partial charge in [-0.15, -0.1) is 0 Å². The average molecular weight is 262 g/mol. The summed E-state index contributed by atoms with van der Waals surface area (Å²) in [6.07, 6.45) is 7.75. The van der Waals surface area contributed by atoms with Crippen molar-refractivity contribution >= 4 is 5.78 Å². The van der Waals surface area contributed by atoms with Crippen molar-refractivity contribution in [3.8, 4) is 0 Å². The van der Waals surface area contributed by atoms with Crippen molar-refractivity contribution in [2.75, 3.05) is 0 Å². The van der Waals surface area contributed by atoms with Crippen LogP contribution < -0.4 is 0 Å². The van der Waals surface area contributed by atoms with Gasteiger partial charge in [-0.25, -0.2) is 0 Å². The van der Waals surface area contributed by atoms with E-state index in [-0.39, 0.29) is 16.9 Å². The number of aliphatic hydroxyl groups is 1. The van der Waals surface area contributed by atoms with Crippen LogP contribution in [0.5, 0.6) is 0 Å². The van der Waals surface area contributed by atoms with E-state index in [0.29, 0.717) is 17.6 Å². The minimum Gasteiger partial charge on any atom is -0.393 e. The van der Waals surface area contributed by atoms with Crippen molar-refractivity contribution in [1.29, 1.82) is 0 Å². The van der Waals surface area contributed by atoms with E-state index >= 15 is 0 Å². The lowest BCUT2D eigenvalue weighted by Crippen LogP contribution is -2.55. The van der Waals surface area contributed by atoms with E-state index in [0.717, 1.165) is 38.5 Å².